The number of ketones is 2. The van der Waals surface area contributed by atoms with Crippen molar-refractivity contribution in [2.24, 2.45) is 0 Å². The van der Waals surface area contributed by atoms with Crippen molar-refractivity contribution in [3.63, 3.8) is 0 Å². The standard InChI is InChI=1S/C12H12N2O2/c1-9(15)7-11(12(16)8-14-13)10-5-3-2-4-6-10/h2-6,8,11H,7H2,1H3. The van der Waals surface area contributed by atoms with Gasteiger partial charge in [0.15, 0.2) is 0 Å². The van der Waals surface area contributed by atoms with Crippen LogP contribution in [0.3, 0.4) is 0 Å². The van der Waals surface area contributed by atoms with Crippen molar-refractivity contribution >= 4 is 17.8 Å². The van der Waals surface area contributed by atoms with Crippen LogP contribution in [0.1, 0.15) is 24.8 Å². The van der Waals surface area contributed by atoms with E-state index >= 15 is 0 Å². The third-order valence-electron chi connectivity index (χ3n) is 2.22. The van der Waals surface area contributed by atoms with Crippen LogP contribution in [-0.4, -0.2) is 22.6 Å². The van der Waals surface area contributed by atoms with E-state index in [-0.39, 0.29) is 18.0 Å². The molecule has 0 aliphatic rings. The highest BCUT2D eigenvalue weighted by Gasteiger charge is 2.23. The number of Topliss-reactive ketones (excluding diaryl/α,β-unsaturated/α-hetero) is 2. The van der Waals surface area contributed by atoms with Gasteiger partial charge in [-0.2, -0.15) is 4.79 Å². The number of hydrogen-bond donors (Lipinski definition) is 0. The van der Waals surface area contributed by atoms with E-state index in [9.17, 15) is 9.59 Å². The molecule has 0 aromatic heterocycles. The highest BCUT2D eigenvalue weighted by molar-refractivity contribution is 6.28. The maximum absolute atomic E-state index is 11.6. The second-order valence-corrected chi connectivity index (χ2v) is 3.52. The number of carbonyl (C=O) groups is 2. The average molecular weight is 216 g/mol. The van der Waals surface area contributed by atoms with Gasteiger partial charge in [0.1, 0.15) is 5.78 Å². The summed E-state index contributed by atoms with van der Waals surface area (Å²) in [5, 5.41) is 0. The van der Waals surface area contributed by atoms with Gasteiger partial charge in [-0.05, 0) is 12.5 Å². The molecule has 1 rings (SSSR count). The molecule has 0 bridgehead atoms. The fourth-order valence-corrected chi connectivity index (χ4v) is 1.50. The summed E-state index contributed by atoms with van der Waals surface area (Å²) >= 11 is 0. The third kappa shape index (κ3) is 3.26. The Balaban J connectivity index is 3.00. The van der Waals surface area contributed by atoms with Gasteiger partial charge in [-0.3, -0.25) is 9.59 Å². The van der Waals surface area contributed by atoms with Crippen LogP contribution in [0.15, 0.2) is 30.3 Å². The SMILES string of the molecule is CC(=O)CC(C(=O)C=[N+]=[N-])c1ccccc1. The number of benzene rings is 1. The summed E-state index contributed by atoms with van der Waals surface area (Å²) in [4.78, 5) is 25.4. The van der Waals surface area contributed by atoms with Crippen LogP contribution in [0.4, 0.5) is 0 Å². The predicted molar refractivity (Wildman–Crippen MR) is 59.2 cm³/mol. The quantitative estimate of drug-likeness (QED) is 0.426. The lowest BCUT2D eigenvalue weighted by Crippen LogP contribution is -2.17. The van der Waals surface area contributed by atoms with Crippen molar-refractivity contribution in [1.82, 2.24) is 0 Å². The van der Waals surface area contributed by atoms with Crippen molar-refractivity contribution in [1.29, 1.82) is 0 Å². The molecule has 0 saturated carbocycles. The molecule has 1 aromatic carbocycles. The summed E-state index contributed by atoms with van der Waals surface area (Å²) in [7, 11) is 0. The van der Waals surface area contributed by atoms with Crippen molar-refractivity contribution in [2.75, 3.05) is 0 Å². The van der Waals surface area contributed by atoms with Gasteiger partial charge in [0.05, 0.1) is 5.92 Å². The number of nitrogens with zero attached hydrogens (tertiary/aromatic N) is 2. The Kier molecular flexibility index (Phi) is 4.30. The lowest BCUT2D eigenvalue weighted by molar-refractivity contribution is -0.122. The second kappa shape index (κ2) is 5.73. The van der Waals surface area contributed by atoms with Crippen LogP contribution in [0.25, 0.3) is 5.53 Å². The van der Waals surface area contributed by atoms with Crippen molar-refractivity contribution < 1.29 is 14.4 Å². The molecule has 16 heavy (non-hydrogen) atoms. The van der Waals surface area contributed by atoms with E-state index in [1.165, 1.54) is 6.92 Å². The summed E-state index contributed by atoms with van der Waals surface area (Å²) in [5.74, 6) is -1.01. The molecule has 4 nitrogen and oxygen atoms in total. The van der Waals surface area contributed by atoms with E-state index < -0.39 is 5.92 Å². The molecule has 0 N–H and O–H groups in total. The molecule has 0 amide bonds. The highest BCUT2D eigenvalue weighted by Crippen LogP contribution is 2.20. The van der Waals surface area contributed by atoms with E-state index in [2.05, 4.69) is 4.79 Å². The Morgan fingerprint density at radius 1 is 1.38 bits per heavy atom. The second-order valence-electron chi connectivity index (χ2n) is 3.52. The number of rotatable bonds is 5. The topological polar surface area (TPSA) is 70.5 Å². The maximum Gasteiger partial charge on any atom is 0.323 e. The van der Waals surface area contributed by atoms with Gasteiger partial charge in [0.25, 0.3) is 0 Å². The van der Waals surface area contributed by atoms with Crippen molar-refractivity contribution in [3.8, 4) is 0 Å². The molecule has 0 spiro atoms. The summed E-state index contributed by atoms with van der Waals surface area (Å²) < 4.78 is 0. The molecule has 4 heteroatoms. The van der Waals surface area contributed by atoms with Gasteiger partial charge in [-0.1, -0.05) is 30.3 Å². The Bertz CT molecular complexity index is 434. The first-order chi connectivity index (χ1) is 7.65. The largest absolute Gasteiger partial charge is 0.361 e. The summed E-state index contributed by atoms with van der Waals surface area (Å²) in [6.07, 6.45) is 0.954. The predicted octanol–water partition coefficient (Wildman–Crippen LogP) is 1.62. The molecule has 0 aliphatic carbocycles. The molecule has 0 aliphatic heterocycles. The van der Waals surface area contributed by atoms with Gasteiger partial charge in [0, 0.05) is 6.42 Å². The van der Waals surface area contributed by atoms with Crippen LogP contribution in [-0.2, 0) is 9.59 Å². The zero-order valence-electron chi connectivity index (χ0n) is 8.96. The van der Waals surface area contributed by atoms with E-state index in [0.717, 1.165) is 11.8 Å². The molecular weight excluding hydrogens is 204 g/mol. The molecule has 1 aromatic rings. The zero-order chi connectivity index (χ0) is 12.0. The molecule has 0 fully saturated rings. The molecule has 0 radical (unpaired) electrons. The molecular formula is C12H12N2O2. The summed E-state index contributed by atoms with van der Waals surface area (Å²) in [6, 6.07) is 8.98. The molecule has 1 atom stereocenters. The molecule has 1 unspecified atom stereocenters. The van der Waals surface area contributed by atoms with Crippen molar-refractivity contribution in [3.05, 3.63) is 41.4 Å². The number of hydrogen-bond acceptors (Lipinski definition) is 2. The first-order valence-electron chi connectivity index (χ1n) is 4.90. The van der Waals surface area contributed by atoms with Crippen LogP contribution in [0.2, 0.25) is 0 Å². The van der Waals surface area contributed by atoms with Crippen molar-refractivity contribution in [2.45, 2.75) is 19.3 Å². The van der Waals surface area contributed by atoms with Crippen LogP contribution in [0.5, 0.6) is 0 Å². The van der Waals surface area contributed by atoms with Gasteiger partial charge in [0.2, 0.25) is 5.78 Å². The van der Waals surface area contributed by atoms with Gasteiger partial charge in [-0.15, -0.1) is 0 Å². The zero-order valence-corrected chi connectivity index (χ0v) is 8.96. The minimum Gasteiger partial charge on any atom is -0.361 e. The summed E-state index contributed by atoms with van der Waals surface area (Å²) in [5.41, 5.74) is 9.08. The summed E-state index contributed by atoms with van der Waals surface area (Å²) in [6.45, 7) is 1.43. The Morgan fingerprint density at radius 2 is 2.00 bits per heavy atom. The Hall–Kier alpha value is -2.06. The van der Waals surface area contributed by atoms with E-state index in [0.29, 0.717) is 0 Å². The first kappa shape index (κ1) is 12.0. The van der Waals surface area contributed by atoms with Crippen LogP contribution >= 0.6 is 0 Å². The van der Waals surface area contributed by atoms with E-state index in [1.807, 2.05) is 6.07 Å². The monoisotopic (exact) mass is 216 g/mol. The maximum atomic E-state index is 11.6. The minimum absolute atomic E-state index is 0.0754. The normalized spacial score (nSPS) is 11.3. The van der Waals surface area contributed by atoms with Crippen LogP contribution in [0, 0.1) is 0 Å². The Labute approximate surface area is 93.5 Å². The lowest BCUT2D eigenvalue weighted by atomic mass is 9.90. The Morgan fingerprint density at radius 3 is 2.50 bits per heavy atom. The van der Waals surface area contributed by atoms with E-state index in [1.54, 1.807) is 24.3 Å². The lowest BCUT2D eigenvalue weighted by Gasteiger charge is -2.09. The first-order valence-corrected chi connectivity index (χ1v) is 4.90. The van der Waals surface area contributed by atoms with E-state index in [4.69, 9.17) is 5.53 Å². The fraction of sp³-hybridized carbons (Fsp3) is 0.250. The smallest absolute Gasteiger partial charge is 0.323 e. The average Bonchev–Trinajstić information content (AvgIpc) is 2.27. The molecule has 0 saturated heterocycles. The highest BCUT2D eigenvalue weighted by atomic mass is 16.1. The third-order valence-corrected chi connectivity index (χ3v) is 2.22. The molecule has 0 heterocycles. The molecule has 82 valence electrons. The van der Waals surface area contributed by atoms with Gasteiger partial charge in [-0.25, -0.2) is 0 Å². The number of carbonyl (C=O) groups excluding carboxylic acids is 2. The minimum atomic E-state index is -0.561. The van der Waals surface area contributed by atoms with Gasteiger partial charge < -0.3 is 5.53 Å². The fourth-order valence-electron chi connectivity index (χ4n) is 1.50. The van der Waals surface area contributed by atoms with Crippen LogP contribution < -0.4 is 0 Å². The van der Waals surface area contributed by atoms with Gasteiger partial charge >= 0.3 is 6.21 Å².